The molecule has 0 atom stereocenters. The Morgan fingerprint density at radius 2 is 2.24 bits per heavy atom. The van der Waals surface area contributed by atoms with Gasteiger partial charge in [0.05, 0.1) is 23.9 Å². The number of amides is 3. The van der Waals surface area contributed by atoms with Gasteiger partial charge in [0.25, 0.3) is 0 Å². The number of imidazole rings is 1. The molecule has 1 aromatic heterocycles. The van der Waals surface area contributed by atoms with Crippen molar-refractivity contribution in [1.82, 2.24) is 20.6 Å². The van der Waals surface area contributed by atoms with Gasteiger partial charge in [-0.05, 0) is 19.1 Å². The second kappa shape index (κ2) is 6.98. The number of nitrogens with one attached hydrogen (secondary N) is 3. The molecule has 2 rings (SSSR count). The molecule has 21 heavy (non-hydrogen) atoms. The van der Waals surface area contributed by atoms with Crippen molar-refractivity contribution in [3.63, 3.8) is 0 Å². The number of imide groups is 1. The summed E-state index contributed by atoms with van der Waals surface area (Å²) >= 11 is 1.23. The quantitative estimate of drug-likeness (QED) is 0.728. The third-order valence-electron chi connectivity index (χ3n) is 2.60. The van der Waals surface area contributed by atoms with E-state index in [0.717, 1.165) is 16.8 Å². The lowest BCUT2D eigenvalue weighted by molar-refractivity contribution is -0.117. The molecule has 0 bridgehead atoms. The van der Waals surface area contributed by atoms with Gasteiger partial charge in [0, 0.05) is 12.6 Å². The molecular weight excluding hydrogens is 292 g/mol. The number of aromatic nitrogens is 2. The number of carbonyl (C=O) groups excluding carboxylic acids is 2. The van der Waals surface area contributed by atoms with Gasteiger partial charge in [0.15, 0.2) is 5.16 Å². The minimum atomic E-state index is -0.488. The average Bonchev–Trinajstić information content (AvgIpc) is 2.87. The van der Waals surface area contributed by atoms with Crippen molar-refractivity contribution >= 4 is 34.7 Å². The molecule has 0 radical (unpaired) electrons. The van der Waals surface area contributed by atoms with Crippen molar-refractivity contribution in [1.29, 1.82) is 0 Å². The maximum atomic E-state index is 11.6. The van der Waals surface area contributed by atoms with Crippen LogP contribution in [0.3, 0.4) is 0 Å². The van der Waals surface area contributed by atoms with Gasteiger partial charge in [-0.25, -0.2) is 9.78 Å². The standard InChI is InChI=1S/C13H16N4O3S/c1-3-14-12(19)17-11(18)7-21-13-15-9-5-4-8(20-2)6-10(9)16-13/h4-6H,3,7H2,1-2H3,(H,15,16)(H2,14,17,18,19). The summed E-state index contributed by atoms with van der Waals surface area (Å²) in [6.45, 7) is 2.25. The first-order valence-electron chi connectivity index (χ1n) is 6.36. The van der Waals surface area contributed by atoms with Crippen LogP contribution in [0.1, 0.15) is 6.92 Å². The predicted octanol–water partition coefficient (Wildman–Crippen LogP) is 1.51. The summed E-state index contributed by atoms with van der Waals surface area (Å²) in [5, 5.41) is 5.34. The largest absolute Gasteiger partial charge is 0.497 e. The first-order valence-corrected chi connectivity index (χ1v) is 7.35. The van der Waals surface area contributed by atoms with E-state index in [9.17, 15) is 9.59 Å². The number of H-pyrrole nitrogens is 1. The van der Waals surface area contributed by atoms with E-state index in [4.69, 9.17) is 4.74 Å². The number of urea groups is 1. The van der Waals surface area contributed by atoms with Gasteiger partial charge in [-0.1, -0.05) is 11.8 Å². The fraction of sp³-hybridized carbons (Fsp3) is 0.308. The minimum Gasteiger partial charge on any atom is -0.497 e. The number of ether oxygens (including phenoxy) is 1. The molecule has 0 fully saturated rings. The zero-order valence-electron chi connectivity index (χ0n) is 11.7. The van der Waals surface area contributed by atoms with E-state index in [0.29, 0.717) is 11.7 Å². The number of benzene rings is 1. The number of hydrogen-bond acceptors (Lipinski definition) is 5. The van der Waals surface area contributed by atoms with Crippen molar-refractivity contribution in [2.45, 2.75) is 12.1 Å². The van der Waals surface area contributed by atoms with Gasteiger partial charge in [-0.15, -0.1) is 0 Å². The monoisotopic (exact) mass is 308 g/mol. The Morgan fingerprint density at radius 3 is 2.95 bits per heavy atom. The van der Waals surface area contributed by atoms with Crippen LogP contribution in [-0.2, 0) is 4.79 Å². The molecule has 2 aromatic rings. The SMILES string of the molecule is CCNC(=O)NC(=O)CSc1nc2ccc(OC)cc2[nH]1. The molecule has 0 unspecified atom stereocenters. The van der Waals surface area contributed by atoms with Gasteiger partial charge < -0.3 is 15.0 Å². The number of hydrogen-bond donors (Lipinski definition) is 3. The number of carbonyl (C=O) groups is 2. The summed E-state index contributed by atoms with van der Waals surface area (Å²) in [5.74, 6) is 0.467. The van der Waals surface area contributed by atoms with Crippen LogP contribution in [0.4, 0.5) is 4.79 Å². The Bertz CT molecular complexity index is 656. The normalized spacial score (nSPS) is 10.4. The number of nitrogens with zero attached hydrogens (tertiary/aromatic N) is 1. The number of aromatic amines is 1. The average molecular weight is 308 g/mol. The zero-order valence-corrected chi connectivity index (χ0v) is 12.5. The number of rotatable bonds is 5. The molecule has 1 aromatic carbocycles. The highest BCUT2D eigenvalue weighted by atomic mass is 32.2. The lowest BCUT2D eigenvalue weighted by Crippen LogP contribution is -2.40. The second-order valence-electron chi connectivity index (χ2n) is 4.12. The van der Waals surface area contributed by atoms with Crippen LogP contribution >= 0.6 is 11.8 Å². The van der Waals surface area contributed by atoms with Gasteiger partial charge in [0.2, 0.25) is 5.91 Å². The maximum Gasteiger partial charge on any atom is 0.321 e. The predicted molar refractivity (Wildman–Crippen MR) is 80.6 cm³/mol. The third kappa shape index (κ3) is 4.12. The van der Waals surface area contributed by atoms with E-state index in [2.05, 4.69) is 20.6 Å². The van der Waals surface area contributed by atoms with Crippen molar-refractivity contribution in [2.75, 3.05) is 19.4 Å². The minimum absolute atomic E-state index is 0.105. The fourth-order valence-corrected chi connectivity index (χ4v) is 2.35. The van der Waals surface area contributed by atoms with Crippen LogP contribution < -0.4 is 15.4 Å². The Morgan fingerprint density at radius 1 is 1.43 bits per heavy atom. The maximum absolute atomic E-state index is 11.6. The summed E-state index contributed by atoms with van der Waals surface area (Å²) in [7, 11) is 1.60. The summed E-state index contributed by atoms with van der Waals surface area (Å²) in [5.41, 5.74) is 1.63. The number of thioether (sulfide) groups is 1. The molecule has 3 amide bonds. The zero-order chi connectivity index (χ0) is 15.2. The first kappa shape index (κ1) is 15.2. The Kier molecular flexibility index (Phi) is 5.04. The van der Waals surface area contributed by atoms with E-state index >= 15 is 0 Å². The smallest absolute Gasteiger partial charge is 0.321 e. The first-order chi connectivity index (χ1) is 10.1. The van der Waals surface area contributed by atoms with E-state index in [1.807, 2.05) is 18.2 Å². The van der Waals surface area contributed by atoms with Crippen LogP contribution in [0.25, 0.3) is 11.0 Å². The number of fused-ring (bicyclic) bond motifs is 1. The van der Waals surface area contributed by atoms with Crippen molar-refractivity contribution in [3.05, 3.63) is 18.2 Å². The highest BCUT2D eigenvalue weighted by Gasteiger charge is 2.10. The lowest BCUT2D eigenvalue weighted by atomic mass is 10.3. The molecule has 0 aliphatic rings. The highest BCUT2D eigenvalue weighted by molar-refractivity contribution is 7.99. The Balaban J connectivity index is 1.94. The topological polar surface area (TPSA) is 96.1 Å². The van der Waals surface area contributed by atoms with Crippen molar-refractivity contribution < 1.29 is 14.3 Å². The van der Waals surface area contributed by atoms with Gasteiger partial charge in [-0.2, -0.15) is 0 Å². The van der Waals surface area contributed by atoms with E-state index in [1.165, 1.54) is 11.8 Å². The summed E-state index contributed by atoms with van der Waals surface area (Å²) in [6, 6.07) is 5.00. The highest BCUT2D eigenvalue weighted by Crippen LogP contribution is 2.22. The second-order valence-corrected chi connectivity index (χ2v) is 5.09. The molecule has 0 saturated carbocycles. The molecular formula is C13H16N4O3S. The summed E-state index contributed by atoms with van der Waals surface area (Å²) in [4.78, 5) is 30.2. The lowest BCUT2D eigenvalue weighted by Gasteiger charge is -2.03. The Hall–Kier alpha value is -2.22. The van der Waals surface area contributed by atoms with Gasteiger partial charge in [0.1, 0.15) is 5.75 Å². The van der Waals surface area contributed by atoms with Crippen LogP contribution in [0.2, 0.25) is 0 Å². The molecule has 3 N–H and O–H groups in total. The van der Waals surface area contributed by atoms with Crippen LogP contribution in [-0.4, -0.2) is 41.3 Å². The van der Waals surface area contributed by atoms with Crippen LogP contribution in [0, 0.1) is 0 Å². The molecule has 0 aliphatic carbocycles. The van der Waals surface area contributed by atoms with Crippen LogP contribution in [0.15, 0.2) is 23.4 Å². The van der Waals surface area contributed by atoms with Crippen LogP contribution in [0.5, 0.6) is 5.75 Å². The van der Waals surface area contributed by atoms with E-state index in [-0.39, 0.29) is 11.7 Å². The van der Waals surface area contributed by atoms with Crippen molar-refractivity contribution in [2.24, 2.45) is 0 Å². The summed E-state index contributed by atoms with van der Waals surface area (Å²) < 4.78 is 5.13. The van der Waals surface area contributed by atoms with E-state index in [1.54, 1.807) is 14.0 Å². The van der Waals surface area contributed by atoms with Gasteiger partial charge >= 0.3 is 6.03 Å². The van der Waals surface area contributed by atoms with E-state index < -0.39 is 6.03 Å². The fourth-order valence-electron chi connectivity index (χ4n) is 1.66. The molecule has 0 saturated heterocycles. The summed E-state index contributed by atoms with van der Waals surface area (Å²) in [6.07, 6.45) is 0. The molecule has 0 aliphatic heterocycles. The molecule has 0 spiro atoms. The number of methoxy groups -OCH3 is 1. The van der Waals surface area contributed by atoms with Crippen molar-refractivity contribution in [3.8, 4) is 5.75 Å². The third-order valence-corrected chi connectivity index (χ3v) is 3.47. The van der Waals surface area contributed by atoms with Gasteiger partial charge in [-0.3, -0.25) is 10.1 Å². The molecule has 7 nitrogen and oxygen atoms in total. The molecule has 1 heterocycles. The Labute approximate surface area is 125 Å². The molecule has 8 heteroatoms. The molecule has 112 valence electrons.